The second-order valence-electron chi connectivity index (χ2n) is 4.71. The van der Waals surface area contributed by atoms with Gasteiger partial charge in [-0.15, -0.1) is 0 Å². The van der Waals surface area contributed by atoms with Crippen molar-refractivity contribution in [1.29, 1.82) is 0 Å². The molecule has 0 radical (unpaired) electrons. The molecule has 0 atom stereocenters. The van der Waals surface area contributed by atoms with Crippen LogP contribution < -0.4 is 5.32 Å². The van der Waals surface area contributed by atoms with Gasteiger partial charge in [0.25, 0.3) is 0 Å². The van der Waals surface area contributed by atoms with E-state index < -0.39 is 0 Å². The van der Waals surface area contributed by atoms with Gasteiger partial charge in [-0.25, -0.2) is 0 Å². The minimum Gasteiger partial charge on any atom is -0.392 e. The highest BCUT2D eigenvalue weighted by atomic mass is 14.8. The average Bonchev–Trinajstić information content (AvgIpc) is 2.43. The van der Waals surface area contributed by atoms with Crippen molar-refractivity contribution >= 4 is 5.57 Å². The minimum absolute atomic E-state index is 1.05. The molecular weight excluding hydrogens is 218 g/mol. The fraction of sp³-hybridized carbons (Fsp3) is 0.412. The highest BCUT2D eigenvalue weighted by molar-refractivity contribution is 5.63. The lowest BCUT2D eigenvalue weighted by atomic mass is 9.99. The molecule has 0 saturated carbocycles. The Labute approximate surface area is 112 Å². The highest BCUT2D eigenvalue weighted by Crippen LogP contribution is 2.20. The Kier molecular flexibility index (Phi) is 6.27. The van der Waals surface area contributed by atoms with E-state index in [1.54, 1.807) is 0 Å². The highest BCUT2D eigenvalue weighted by Gasteiger charge is 2.00. The van der Waals surface area contributed by atoms with Crippen LogP contribution in [0.5, 0.6) is 0 Å². The second-order valence-corrected chi connectivity index (χ2v) is 4.71. The number of nitrogens with one attached hydrogen (secondary N) is 1. The molecule has 98 valence electrons. The molecule has 0 spiro atoms. The maximum atomic E-state index is 4.18. The number of benzene rings is 1. The van der Waals surface area contributed by atoms with E-state index in [0.29, 0.717) is 0 Å². The lowest BCUT2D eigenvalue weighted by molar-refractivity contribution is 0.719. The summed E-state index contributed by atoms with van der Waals surface area (Å²) >= 11 is 0. The van der Waals surface area contributed by atoms with Gasteiger partial charge >= 0.3 is 0 Å². The molecule has 0 amide bonds. The molecule has 0 aliphatic heterocycles. The monoisotopic (exact) mass is 243 g/mol. The van der Waals surface area contributed by atoms with E-state index in [0.717, 1.165) is 25.0 Å². The Hall–Kier alpha value is -1.50. The molecular formula is C17H25N. The van der Waals surface area contributed by atoms with Crippen molar-refractivity contribution in [3.8, 4) is 0 Å². The summed E-state index contributed by atoms with van der Waals surface area (Å²) in [6.45, 7) is 10.3. The summed E-state index contributed by atoms with van der Waals surface area (Å²) in [5.74, 6) is 0. The second kappa shape index (κ2) is 7.75. The van der Waals surface area contributed by atoms with E-state index >= 15 is 0 Å². The Balaban J connectivity index is 2.33. The molecule has 0 unspecified atom stereocenters. The molecule has 1 heteroatoms. The van der Waals surface area contributed by atoms with E-state index in [1.807, 2.05) is 7.05 Å². The SMILES string of the molecule is C=C(CCCCC(=C)c1ccc(CC)cc1)NC. The molecule has 1 rings (SSSR count). The first-order valence-electron chi connectivity index (χ1n) is 6.80. The van der Waals surface area contributed by atoms with Crippen molar-refractivity contribution in [3.63, 3.8) is 0 Å². The Morgan fingerprint density at radius 3 is 2.22 bits per heavy atom. The summed E-state index contributed by atoms with van der Waals surface area (Å²) in [4.78, 5) is 0. The predicted molar refractivity (Wildman–Crippen MR) is 81.5 cm³/mol. The van der Waals surface area contributed by atoms with Gasteiger partial charge in [0.1, 0.15) is 0 Å². The standard InChI is InChI=1S/C17H25N/c1-5-16-10-12-17(13-11-16)14(2)8-6-7-9-15(3)18-4/h10-13,18H,2-3,5-9H2,1,4H3. The van der Waals surface area contributed by atoms with Gasteiger partial charge in [-0.2, -0.15) is 0 Å². The third kappa shape index (κ3) is 4.79. The van der Waals surface area contributed by atoms with Crippen LogP contribution in [0.25, 0.3) is 5.57 Å². The molecule has 1 aromatic rings. The van der Waals surface area contributed by atoms with Gasteiger partial charge in [-0.1, -0.05) is 44.3 Å². The van der Waals surface area contributed by atoms with Crippen molar-refractivity contribution in [2.45, 2.75) is 39.0 Å². The zero-order valence-electron chi connectivity index (χ0n) is 11.8. The maximum absolute atomic E-state index is 4.18. The van der Waals surface area contributed by atoms with Gasteiger partial charge in [0, 0.05) is 12.7 Å². The lowest BCUT2D eigenvalue weighted by Gasteiger charge is -2.08. The summed E-state index contributed by atoms with van der Waals surface area (Å²) in [6, 6.07) is 8.77. The van der Waals surface area contributed by atoms with Crippen LogP contribution in [0.3, 0.4) is 0 Å². The fourth-order valence-corrected chi connectivity index (χ4v) is 1.92. The topological polar surface area (TPSA) is 12.0 Å². The number of rotatable bonds is 8. The van der Waals surface area contributed by atoms with Gasteiger partial charge in [-0.3, -0.25) is 0 Å². The van der Waals surface area contributed by atoms with Gasteiger partial charge in [0.05, 0.1) is 0 Å². The molecule has 0 aromatic heterocycles. The van der Waals surface area contributed by atoms with Crippen molar-refractivity contribution in [2.75, 3.05) is 7.05 Å². The molecule has 0 fully saturated rings. The third-order valence-electron chi connectivity index (χ3n) is 3.33. The van der Waals surface area contributed by atoms with Crippen LogP contribution in [0.1, 0.15) is 43.7 Å². The first-order valence-corrected chi connectivity index (χ1v) is 6.80. The summed E-state index contributed by atoms with van der Waals surface area (Å²) in [7, 11) is 1.93. The van der Waals surface area contributed by atoms with Gasteiger partial charge in [-0.05, 0) is 48.8 Å². The smallest absolute Gasteiger partial charge is 0.00310 e. The van der Waals surface area contributed by atoms with Crippen LogP contribution >= 0.6 is 0 Å². The Bertz CT molecular complexity index is 387. The minimum atomic E-state index is 1.05. The molecule has 1 N–H and O–H groups in total. The Morgan fingerprint density at radius 2 is 1.67 bits per heavy atom. The van der Waals surface area contributed by atoms with Crippen LogP contribution in [0, 0.1) is 0 Å². The Morgan fingerprint density at radius 1 is 1.06 bits per heavy atom. The van der Waals surface area contributed by atoms with Crippen LogP contribution in [-0.4, -0.2) is 7.05 Å². The van der Waals surface area contributed by atoms with E-state index in [1.165, 1.54) is 29.5 Å². The number of unbranched alkanes of at least 4 members (excludes halogenated alkanes) is 1. The molecule has 18 heavy (non-hydrogen) atoms. The number of hydrogen-bond donors (Lipinski definition) is 1. The molecule has 0 saturated heterocycles. The van der Waals surface area contributed by atoms with Gasteiger partial charge in [0.15, 0.2) is 0 Å². The van der Waals surface area contributed by atoms with Crippen LogP contribution in [0.2, 0.25) is 0 Å². The zero-order valence-corrected chi connectivity index (χ0v) is 11.8. The largest absolute Gasteiger partial charge is 0.392 e. The zero-order chi connectivity index (χ0) is 13.4. The first kappa shape index (κ1) is 14.6. The molecule has 0 heterocycles. The average molecular weight is 243 g/mol. The van der Waals surface area contributed by atoms with Crippen LogP contribution in [0.15, 0.2) is 43.1 Å². The number of hydrogen-bond acceptors (Lipinski definition) is 1. The number of allylic oxidation sites excluding steroid dienone is 2. The molecule has 0 bridgehead atoms. The molecule has 0 aliphatic carbocycles. The predicted octanol–water partition coefficient (Wildman–Crippen LogP) is 4.56. The van der Waals surface area contributed by atoms with Crippen LogP contribution in [-0.2, 0) is 6.42 Å². The van der Waals surface area contributed by atoms with E-state index in [4.69, 9.17) is 0 Å². The fourth-order valence-electron chi connectivity index (χ4n) is 1.92. The van der Waals surface area contributed by atoms with Gasteiger partial charge < -0.3 is 5.32 Å². The first-order chi connectivity index (χ1) is 8.67. The van der Waals surface area contributed by atoms with E-state index in [2.05, 4.69) is 49.7 Å². The lowest BCUT2D eigenvalue weighted by Crippen LogP contribution is -2.03. The van der Waals surface area contributed by atoms with E-state index in [-0.39, 0.29) is 0 Å². The normalized spacial score (nSPS) is 10.1. The molecule has 1 aromatic carbocycles. The van der Waals surface area contributed by atoms with Crippen LogP contribution in [0.4, 0.5) is 0 Å². The quantitative estimate of drug-likeness (QED) is 0.660. The van der Waals surface area contributed by atoms with Crippen molar-refractivity contribution in [1.82, 2.24) is 5.32 Å². The molecule has 1 nitrogen and oxygen atoms in total. The van der Waals surface area contributed by atoms with Crippen molar-refractivity contribution in [2.24, 2.45) is 0 Å². The van der Waals surface area contributed by atoms with E-state index in [9.17, 15) is 0 Å². The summed E-state index contributed by atoms with van der Waals surface area (Å²) < 4.78 is 0. The van der Waals surface area contributed by atoms with Gasteiger partial charge in [0.2, 0.25) is 0 Å². The summed E-state index contributed by atoms with van der Waals surface area (Å²) in [5.41, 5.74) is 5.03. The maximum Gasteiger partial charge on any atom is 0.00310 e. The summed E-state index contributed by atoms with van der Waals surface area (Å²) in [6.07, 6.45) is 5.57. The number of aryl methyl sites for hydroxylation is 1. The summed E-state index contributed by atoms with van der Waals surface area (Å²) in [5, 5.41) is 3.08. The van der Waals surface area contributed by atoms with Crippen molar-refractivity contribution < 1.29 is 0 Å². The van der Waals surface area contributed by atoms with Crippen molar-refractivity contribution in [3.05, 3.63) is 54.2 Å². The molecule has 0 aliphatic rings. The third-order valence-corrected chi connectivity index (χ3v) is 3.33.